The van der Waals surface area contributed by atoms with Crippen LogP contribution in [-0.2, 0) is 14.3 Å². The number of aryl methyl sites for hydroxylation is 1. The number of nitrogens with zero attached hydrogens (tertiary/aromatic N) is 2. The Morgan fingerprint density at radius 1 is 1.22 bits per heavy atom. The molecule has 0 bridgehead atoms. The van der Waals surface area contributed by atoms with Gasteiger partial charge in [-0.25, -0.2) is 5.01 Å². The molecule has 0 unspecified atom stereocenters. The minimum atomic E-state index is -0.341. The molecule has 0 saturated heterocycles. The number of carbonyl (C=O) groups excluding carboxylic acids is 2. The van der Waals surface area contributed by atoms with Gasteiger partial charge in [0.15, 0.2) is 6.61 Å². The molecule has 1 amide bonds. The zero-order valence-corrected chi connectivity index (χ0v) is 15.3. The van der Waals surface area contributed by atoms with Crippen molar-refractivity contribution in [3.8, 4) is 0 Å². The van der Waals surface area contributed by atoms with Gasteiger partial charge in [0.1, 0.15) is 11.8 Å². The molecule has 27 heavy (non-hydrogen) atoms. The Hall–Kier alpha value is -2.89. The third-order valence-corrected chi connectivity index (χ3v) is 5.20. The van der Waals surface area contributed by atoms with Crippen molar-refractivity contribution in [2.75, 3.05) is 6.61 Å². The van der Waals surface area contributed by atoms with Gasteiger partial charge in [-0.15, -0.1) is 0 Å². The van der Waals surface area contributed by atoms with Crippen molar-refractivity contribution in [2.45, 2.75) is 38.6 Å². The molecule has 1 atom stereocenters. The normalized spacial score (nSPS) is 19.5. The first-order valence-corrected chi connectivity index (χ1v) is 9.28. The molecule has 2 aromatic rings. The lowest BCUT2D eigenvalue weighted by molar-refractivity contribution is -0.158. The van der Waals surface area contributed by atoms with E-state index in [2.05, 4.69) is 5.10 Å². The second-order valence-corrected chi connectivity index (χ2v) is 7.12. The van der Waals surface area contributed by atoms with Gasteiger partial charge in [-0.3, -0.25) is 9.59 Å². The molecule has 2 heterocycles. The number of hydrogen-bond donors (Lipinski definition) is 0. The molecule has 1 saturated carbocycles. The van der Waals surface area contributed by atoms with Gasteiger partial charge in [0.05, 0.1) is 17.9 Å². The summed E-state index contributed by atoms with van der Waals surface area (Å²) < 4.78 is 10.7. The van der Waals surface area contributed by atoms with Crippen LogP contribution in [0, 0.1) is 12.8 Å². The number of rotatable bonds is 5. The lowest BCUT2D eigenvalue weighted by Crippen LogP contribution is -2.33. The molecular weight excluding hydrogens is 344 g/mol. The summed E-state index contributed by atoms with van der Waals surface area (Å²) >= 11 is 0. The van der Waals surface area contributed by atoms with Crippen LogP contribution >= 0.6 is 0 Å². The van der Waals surface area contributed by atoms with Crippen molar-refractivity contribution < 1.29 is 18.7 Å². The van der Waals surface area contributed by atoms with Crippen LogP contribution in [0.15, 0.2) is 52.2 Å². The minimum absolute atomic E-state index is 0.0520. The van der Waals surface area contributed by atoms with Crippen molar-refractivity contribution in [1.29, 1.82) is 0 Å². The van der Waals surface area contributed by atoms with Gasteiger partial charge in [0.2, 0.25) is 0 Å². The quantitative estimate of drug-likeness (QED) is 0.758. The number of esters is 1. The second-order valence-electron chi connectivity index (χ2n) is 7.12. The van der Waals surface area contributed by atoms with E-state index in [1.54, 1.807) is 12.3 Å². The molecule has 1 aromatic heterocycles. The number of hydrogen-bond acceptors (Lipinski definition) is 5. The van der Waals surface area contributed by atoms with E-state index in [-0.39, 0.29) is 30.4 Å². The van der Waals surface area contributed by atoms with E-state index in [9.17, 15) is 9.59 Å². The average molecular weight is 366 g/mol. The van der Waals surface area contributed by atoms with E-state index in [0.717, 1.165) is 36.1 Å². The fourth-order valence-corrected chi connectivity index (χ4v) is 3.32. The first kappa shape index (κ1) is 17.5. The molecule has 0 N–H and O–H groups in total. The zero-order chi connectivity index (χ0) is 18.8. The highest BCUT2D eigenvalue weighted by atomic mass is 16.5. The topological polar surface area (TPSA) is 72.1 Å². The number of ether oxygens (including phenoxy) is 1. The predicted molar refractivity (Wildman–Crippen MR) is 98.9 cm³/mol. The highest BCUT2D eigenvalue weighted by molar-refractivity contribution is 6.03. The van der Waals surface area contributed by atoms with Crippen molar-refractivity contribution >= 4 is 17.6 Å². The van der Waals surface area contributed by atoms with Crippen molar-refractivity contribution in [1.82, 2.24) is 5.01 Å². The molecule has 1 aliphatic carbocycles. The Balaban J connectivity index is 1.51. The van der Waals surface area contributed by atoms with Crippen LogP contribution in [0.25, 0.3) is 0 Å². The van der Waals surface area contributed by atoms with Crippen LogP contribution in [-0.4, -0.2) is 29.2 Å². The largest absolute Gasteiger partial charge is 0.467 e. The Bertz CT molecular complexity index is 851. The maximum Gasteiger partial charge on any atom is 0.309 e. The average Bonchev–Trinajstić information content (AvgIpc) is 3.28. The number of furan rings is 1. The molecule has 1 aliphatic heterocycles. The Labute approximate surface area is 157 Å². The maximum absolute atomic E-state index is 12.7. The Morgan fingerprint density at radius 2 is 2.00 bits per heavy atom. The number of amides is 1. The summed E-state index contributed by atoms with van der Waals surface area (Å²) in [7, 11) is 0. The van der Waals surface area contributed by atoms with Crippen molar-refractivity contribution in [2.24, 2.45) is 11.0 Å². The van der Waals surface area contributed by atoms with Gasteiger partial charge >= 0.3 is 5.97 Å². The number of carbonyl (C=O) groups is 2. The Kier molecular flexibility index (Phi) is 4.79. The minimum Gasteiger partial charge on any atom is -0.467 e. The maximum atomic E-state index is 12.7. The molecule has 1 aromatic carbocycles. The van der Waals surface area contributed by atoms with E-state index < -0.39 is 0 Å². The monoisotopic (exact) mass is 366 g/mol. The fraction of sp³-hybridized carbons (Fsp3) is 0.381. The predicted octanol–water partition coefficient (Wildman–Crippen LogP) is 3.61. The van der Waals surface area contributed by atoms with Gasteiger partial charge in [-0.1, -0.05) is 36.2 Å². The molecule has 6 heteroatoms. The van der Waals surface area contributed by atoms with Gasteiger partial charge in [-0.05, 0) is 37.5 Å². The van der Waals surface area contributed by atoms with E-state index in [1.807, 2.05) is 37.3 Å². The van der Waals surface area contributed by atoms with Crippen molar-refractivity contribution in [3.05, 3.63) is 59.5 Å². The lowest BCUT2D eigenvalue weighted by Gasteiger charge is -2.24. The van der Waals surface area contributed by atoms with E-state index in [4.69, 9.17) is 9.15 Å². The van der Waals surface area contributed by atoms with Gasteiger partial charge < -0.3 is 9.15 Å². The van der Waals surface area contributed by atoms with Crippen LogP contribution in [0.3, 0.4) is 0 Å². The molecule has 1 fully saturated rings. The lowest BCUT2D eigenvalue weighted by atomic mass is 9.86. The third kappa shape index (κ3) is 3.65. The van der Waals surface area contributed by atoms with Gasteiger partial charge in [-0.2, -0.15) is 5.10 Å². The fourth-order valence-electron chi connectivity index (χ4n) is 3.32. The Morgan fingerprint density at radius 3 is 2.63 bits per heavy atom. The molecule has 140 valence electrons. The van der Waals surface area contributed by atoms with E-state index in [0.29, 0.717) is 12.2 Å². The summed E-state index contributed by atoms with van der Waals surface area (Å²) in [6.45, 7) is 1.73. The van der Waals surface area contributed by atoms with Crippen LogP contribution < -0.4 is 0 Å². The van der Waals surface area contributed by atoms with Crippen LogP contribution in [0.5, 0.6) is 0 Å². The number of hydrazone groups is 1. The smallest absolute Gasteiger partial charge is 0.309 e. The third-order valence-electron chi connectivity index (χ3n) is 5.20. The SMILES string of the molecule is Cc1ccc(C2=NN(C(=O)COC(=O)C3CCC3)[C@@H](c3ccco3)C2)cc1. The first-order chi connectivity index (χ1) is 13.1. The summed E-state index contributed by atoms with van der Waals surface area (Å²) in [6.07, 6.45) is 4.88. The van der Waals surface area contributed by atoms with Crippen LogP contribution in [0.1, 0.15) is 48.6 Å². The standard InChI is InChI=1S/C21H22N2O4/c1-14-7-9-15(10-8-14)17-12-18(19-6-3-11-26-19)23(22-17)20(24)13-27-21(25)16-4-2-5-16/h3,6-11,16,18H,2,4-5,12-13H2,1H3/t18-/m1/s1. The highest BCUT2D eigenvalue weighted by Crippen LogP contribution is 2.33. The molecule has 6 nitrogen and oxygen atoms in total. The van der Waals surface area contributed by atoms with Gasteiger partial charge in [0, 0.05) is 6.42 Å². The molecular formula is C21H22N2O4. The highest BCUT2D eigenvalue weighted by Gasteiger charge is 2.36. The molecule has 0 spiro atoms. The number of benzene rings is 1. The summed E-state index contributed by atoms with van der Waals surface area (Å²) in [5.74, 6) is -0.0133. The van der Waals surface area contributed by atoms with E-state index in [1.165, 1.54) is 5.01 Å². The van der Waals surface area contributed by atoms with Crippen LogP contribution in [0.4, 0.5) is 0 Å². The summed E-state index contributed by atoms with van der Waals surface area (Å²) in [5.41, 5.74) is 2.95. The summed E-state index contributed by atoms with van der Waals surface area (Å²) in [4.78, 5) is 24.6. The van der Waals surface area contributed by atoms with Crippen LogP contribution in [0.2, 0.25) is 0 Å². The molecule has 4 rings (SSSR count). The molecule has 2 aliphatic rings. The summed E-state index contributed by atoms with van der Waals surface area (Å²) in [6, 6.07) is 11.3. The molecule has 0 radical (unpaired) electrons. The zero-order valence-electron chi connectivity index (χ0n) is 15.3. The first-order valence-electron chi connectivity index (χ1n) is 9.28. The van der Waals surface area contributed by atoms with Gasteiger partial charge in [0.25, 0.3) is 5.91 Å². The van der Waals surface area contributed by atoms with Crippen molar-refractivity contribution in [3.63, 3.8) is 0 Å². The second kappa shape index (κ2) is 7.39. The summed E-state index contributed by atoms with van der Waals surface area (Å²) in [5, 5.41) is 5.92. The van der Waals surface area contributed by atoms with E-state index >= 15 is 0 Å².